The van der Waals surface area contributed by atoms with Gasteiger partial charge in [0.05, 0.1) is 12.0 Å². The quantitative estimate of drug-likeness (QED) is 0.670. The zero-order valence-electron chi connectivity index (χ0n) is 15.4. The van der Waals surface area contributed by atoms with Gasteiger partial charge in [0.2, 0.25) is 21.8 Å². The van der Waals surface area contributed by atoms with Crippen molar-refractivity contribution >= 4 is 10.0 Å². The molecule has 0 bridgehead atoms. The second-order valence-electron chi connectivity index (χ2n) is 6.15. The van der Waals surface area contributed by atoms with Crippen LogP contribution >= 0.6 is 0 Å². The number of methoxy groups -OCH3 is 1. The standard InChI is InChI=1S/C19H21N3O4S/c1-13-4-5-14(2)17(12-13)27(23,24)20-11-10-18-21-22-19(26-18)15-6-8-16(25-3)9-7-15/h4-9,12,20H,10-11H2,1-3H3. The highest BCUT2D eigenvalue weighted by Gasteiger charge is 2.17. The van der Waals surface area contributed by atoms with Gasteiger partial charge in [-0.05, 0) is 55.3 Å². The maximum absolute atomic E-state index is 12.5. The second kappa shape index (κ2) is 7.89. The Hall–Kier alpha value is -2.71. The molecule has 8 heteroatoms. The van der Waals surface area contributed by atoms with Crippen molar-refractivity contribution in [2.45, 2.75) is 25.2 Å². The molecule has 1 N–H and O–H groups in total. The van der Waals surface area contributed by atoms with E-state index in [0.717, 1.165) is 16.9 Å². The molecule has 0 amide bonds. The summed E-state index contributed by atoms with van der Waals surface area (Å²) in [5, 5.41) is 7.98. The SMILES string of the molecule is COc1ccc(-c2nnc(CCNS(=O)(=O)c3cc(C)ccc3C)o2)cc1. The summed E-state index contributed by atoms with van der Waals surface area (Å²) in [5.74, 6) is 1.48. The molecule has 3 aromatic rings. The Morgan fingerprint density at radius 1 is 1.07 bits per heavy atom. The molecule has 0 aliphatic rings. The lowest BCUT2D eigenvalue weighted by molar-refractivity contribution is 0.415. The van der Waals surface area contributed by atoms with Crippen LogP contribution in [0.15, 0.2) is 51.8 Å². The molecule has 1 aromatic heterocycles. The van der Waals surface area contributed by atoms with Crippen LogP contribution in [0.25, 0.3) is 11.5 Å². The van der Waals surface area contributed by atoms with Crippen LogP contribution in [0.1, 0.15) is 17.0 Å². The Morgan fingerprint density at radius 3 is 2.52 bits per heavy atom. The Kier molecular flexibility index (Phi) is 5.57. The number of hydrogen-bond acceptors (Lipinski definition) is 6. The Bertz CT molecular complexity index is 1030. The van der Waals surface area contributed by atoms with Crippen LogP contribution in [0, 0.1) is 13.8 Å². The molecule has 0 unspecified atom stereocenters. The van der Waals surface area contributed by atoms with Crippen molar-refractivity contribution in [2.24, 2.45) is 0 Å². The fourth-order valence-corrected chi connectivity index (χ4v) is 3.93. The minimum atomic E-state index is -3.59. The number of sulfonamides is 1. The van der Waals surface area contributed by atoms with E-state index in [1.807, 2.05) is 25.1 Å². The molecule has 3 rings (SSSR count). The van der Waals surface area contributed by atoms with Crippen LogP contribution in [-0.2, 0) is 16.4 Å². The third-order valence-electron chi connectivity index (χ3n) is 4.07. The van der Waals surface area contributed by atoms with E-state index in [-0.39, 0.29) is 11.4 Å². The summed E-state index contributed by atoms with van der Waals surface area (Å²) >= 11 is 0. The van der Waals surface area contributed by atoms with Crippen LogP contribution < -0.4 is 9.46 Å². The molecule has 0 saturated carbocycles. The van der Waals surface area contributed by atoms with Gasteiger partial charge in [-0.25, -0.2) is 13.1 Å². The van der Waals surface area contributed by atoms with E-state index in [9.17, 15) is 8.42 Å². The summed E-state index contributed by atoms with van der Waals surface area (Å²) in [4.78, 5) is 0.284. The van der Waals surface area contributed by atoms with Crippen molar-refractivity contribution < 1.29 is 17.6 Å². The van der Waals surface area contributed by atoms with E-state index in [2.05, 4.69) is 14.9 Å². The minimum absolute atomic E-state index is 0.167. The maximum atomic E-state index is 12.5. The van der Waals surface area contributed by atoms with Crippen molar-refractivity contribution in [3.8, 4) is 17.2 Å². The zero-order chi connectivity index (χ0) is 19.4. The molecule has 0 atom stereocenters. The number of ether oxygens (including phenoxy) is 1. The highest BCUT2D eigenvalue weighted by atomic mass is 32.2. The number of hydrogen-bond donors (Lipinski definition) is 1. The van der Waals surface area contributed by atoms with E-state index in [0.29, 0.717) is 23.8 Å². The van der Waals surface area contributed by atoms with Crippen LogP contribution in [0.5, 0.6) is 5.75 Å². The molecular formula is C19H21N3O4S. The number of benzene rings is 2. The third-order valence-corrected chi connectivity index (χ3v) is 5.67. The van der Waals surface area contributed by atoms with Gasteiger partial charge in [-0.1, -0.05) is 12.1 Å². The molecule has 0 aliphatic carbocycles. The molecule has 27 heavy (non-hydrogen) atoms. The fraction of sp³-hybridized carbons (Fsp3) is 0.263. The predicted molar refractivity (Wildman–Crippen MR) is 101 cm³/mol. The van der Waals surface area contributed by atoms with E-state index in [1.54, 1.807) is 38.3 Å². The van der Waals surface area contributed by atoms with Crippen LogP contribution in [0.4, 0.5) is 0 Å². The van der Waals surface area contributed by atoms with Crippen molar-refractivity contribution in [3.05, 3.63) is 59.5 Å². The molecule has 142 valence electrons. The predicted octanol–water partition coefficient (Wildman–Crippen LogP) is 2.88. The molecule has 0 radical (unpaired) electrons. The van der Waals surface area contributed by atoms with Crippen LogP contribution in [0.2, 0.25) is 0 Å². The van der Waals surface area contributed by atoms with Gasteiger partial charge in [0.25, 0.3) is 0 Å². The van der Waals surface area contributed by atoms with Gasteiger partial charge >= 0.3 is 0 Å². The fourth-order valence-electron chi connectivity index (χ4n) is 2.57. The van der Waals surface area contributed by atoms with Crippen molar-refractivity contribution in [2.75, 3.05) is 13.7 Å². The number of rotatable bonds is 7. The lowest BCUT2D eigenvalue weighted by Gasteiger charge is -2.09. The average Bonchev–Trinajstić information content (AvgIpc) is 3.12. The highest BCUT2D eigenvalue weighted by Crippen LogP contribution is 2.21. The number of nitrogens with zero attached hydrogens (tertiary/aromatic N) is 2. The summed E-state index contributed by atoms with van der Waals surface area (Å²) < 4.78 is 38.3. The van der Waals surface area contributed by atoms with Gasteiger partial charge in [0.15, 0.2) is 0 Å². The molecule has 0 fully saturated rings. The summed E-state index contributed by atoms with van der Waals surface area (Å²) in [6.07, 6.45) is 0.299. The summed E-state index contributed by atoms with van der Waals surface area (Å²) in [6.45, 7) is 3.80. The Labute approximate surface area is 158 Å². The molecule has 1 heterocycles. The van der Waals surface area contributed by atoms with Crippen LogP contribution in [0.3, 0.4) is 0 Å². The van der Waals surface area contributed by atoms with E-state index < -0.39 is 10.0 Å². The Balaban J connectivity index is 1.64. The van der Waals surface area contributed by atoms with Crippen molar-refractivity contribution in [1.82, 2.24) is 14.9 Å². The molecule has 7 nitrogen and oxygen atoms in total. The zero-order valence-corrected chi connectivity index (χ0v) is 16.2. The largest absolute Gasteiger partial charge is 0.497 e. The molecular weight excluding hydrogens is 366 g/mol. The highest BCUT2D eigenvalue weighted by molar-refractivity contribution is 7.89. The normalized spacial score (nSPS) is 11.5. The van der Waals surface area contributed by atoms with Gasteiger partial charge < -0.3 is 9.15 Å². The lowest BCUT2D eigenvalue weighted by Crippen LogP contribution is -2.26. The average molecular weight is 387 g/mol. The van der Waals surface area contributed by atoms with E-state index in [1.165, 1.54) is 0 Å². The summed E-state index contributed by atoms with van der Waals surface area (Å²) in [6, 6.07) is 12.6. The van der Waals surface area contributed by atoms with Gasteiger partial charge in [0, 0.05) is 18.5 Å². The summed E-state index contributed by atoms with van der Waals surface area (Å²) in [7, 11) is -1.99. The number of aryl methyl sites for hydroxylation is 2. The van der Waals surface area contributed by atoms with E-state index >= 15 is 0 Å². The van der Waals surface area contributed by atoms with Gasteiger partial charge in [0.1, 0.15) is 5.75 Å². The van der Waals surface area contributed by atoms with Crippen LogP contribution in [-0.4, -0.2) is 32.3 Å². The first-order valence-corrected chi connectivity index (χ1v) is 9.91. The molecule has 2 aromatic carbocycles. The number of aromatic nitrogens is 2. The van der Waals surface area contributed by atoms with Crippen molar-refractivity contribution in [3.63, 3.8) is 0 Å². The summed E-state index contributed by atoms with van der Waals surface area (Å²) in [5.41, 5.74) is 2.36. The van der Waals surface area contributed by atoms with Gasteiger partial charge in [-0.15, -0.1) is 10.2 Å². The smallest absolute Gasteiger partial charge is 0.247 e. The van der Waals surface area contributed by atoms with E-state index in [4.69, 9.17) is 9.15 Å². The maximum Gasteiger partial charge on any atom is 0.247 e. The minimum Gasteiger partial charge on any atom is -0.497 e. The second-order valence-corrected chi connectivity index (χ2v) is 7.88. The molecule has 0 saturated heterocycles. The Morgan fingerprint density at radius 2 is 1.81 bits per heavy atom. The third kappa shape index (κ3) is 4.53. The van der Waals surface area contributed by atoms with Crippen molar-refractivity contribution in [1.29, 1.82) is 0 Å². The lowest BCUT2D eigenvalue weighted by atomic mass is 10.2. The van der Waals surface area contributed by atoms with Gasteiger partial charge in [-0.2, -0.15) is 0 Å². The monoisotopic (exact) mass is 387 g/mol. The first-order chi connectivity index (χ1) is 12.9. The molecule has 0 aliphatic heterocycles. The van der Waals surface area contributed by atoms with Gasteiger partial charge in [-0.3, -0.25) is 0 Å². The first-order valence-electron chi connectivity index (χ1n) is 8.43. The molecule has 0 spiro atoms. The first kappa shape index (κ1) is 19.1. The number of nitrogens with one attached hydrogen (secondary N) is 1. The topological polar surface area (TPSA) is 94.3 Å².